The van der Waals surface area contributed by atoms with Gasteiger partial charge in [0, 0.05) is 39.5 Å². The number of carbonyl (C=O) groups excluding carboxylic acids is 1. The summed E-state index contributed by atoms with van der Waals surface area (Å²) >= 11 is 0. The molecule has 0 aliphatic rings. The van der Waals surface area contributed by atoms with E-state index in [1.54, 1.807) is 32.2 Å². The van der Waals surface area contributed by atoms with Crippen molar-refractivity contribution in [2.24, 2.45) is 7.05 Å². The summed E-state index contributed by atoms with van der Waals surface area (Å²) in [5.41, 5.74) is 0.240. The van der Waals surface area contributed by atoms with Crippen molar-refractivity contribution in [3.8, 4) is 0 Å². The smallest absolute Gasteiger partial charge is 0.222 e. The molecule has 100 valence electrons. The summed E-state index contributed by atoms with van der Waals surface area (Å²) in [6.07, 6.45) is 2.90. The number of hydrogen-bond acceptors (Lipinski definition) is 3. The fourth-order valence-corrected chi connectivity index (χ4v) is 1.73. The van der Waals surface area contributed by atoms with Gasteiger partial charge in [0.05, 0.1) is 5.52 Å². The molecule has 1 aromatic carbocycles. The molecule has 0 radical (unpaired) electrons. The predicted molar refractivity (Wildman–Crippen MR) is 67.8 cm³/mol. The molecule has 0 bridgehead atoms. The van der Waals surface area contributed by atoms with Crippen molar-refractivity contribution < 1.29 is 13.6 Å². The Labute approximate surface area is 109 Å². The van der Waals surface area contributed by atoms with Crippen LogP contribution in [0.3, 0.4) is 0 Å². The Balaban J connectivity index is 2.54. The van der Waals surface area contributed by atoms with Crippen molar-refractivity contribution >= 4 is 16.8 Å². The molecule has 2 rings (SSSR count). The molecule has 6 heteroatoms. The Morgan fingerprint density at radius 1 is 1.37 bits per heavy atom. The van der Waals surface area contributed by atoms with Crippen LogP contribution < -0.4 is 0 Å². The predicted octanol–water partition coefficient (Wildman–Crippen LogP) is 2.11. The lowest BCUT2D eigenvalue weighted by molar-refractivity contribution is 0.103. The maximum atomic E-state index is 13.6. The summed E-state index contributed by atoms with van der Waals surface area (Å²) in [7, 11) is 5.09. The second-order valence-electron chi connectivity index (χ2n) is 4.39. The van der Waals surface area contributed by atoms with Crippen molar-refractivity contribution in [3.05, 3.63) is 41.9 Å². The number of rotatable bonds is 3. The molecule has 1 heterocycles. The van der Waals surface area contributed by atoms with E-state index in [1.165, 1.54) is 10.6 Å². The quantitative estimate of drug-likeness (QED) is 0.630. The third kappa shape index (κ3) is 2.47. The van der Waals surface area contributed by atoms with Crippen LogP contribution in [0.15, 0.2) is 24.4 Å². The van der Waals surface area contributed by atoms with E-state index in [0.29, 0.717) is 0 Å². The number of imidazole rings is 1. The maximum Gasteiger partial charge on any atom is 0.222 e. The number of allylic oxidation sites excluding steroid dienone is 1. The molecule has 0 unspecified atom stereocenters. The zero-order valence-electron chi connectivity index (χ0n) is 10.8. The number of hydrogen-bond donors (Lipinski definition) is 0. The van der Waals surface area contributed by atoms with Gasteiger partial charge >= 0.3 is 0 Å². The second-order valence-corrected chi connectivity index (χ2v) is 4.39. The lowest BCUT2D eigenvalue weighted by atomic mass is 10.3. The van der Waals surface area contributed by atoms with Crippen LogP contribution in [-0.4, -0.2) is 34.3 Å². The van der Waals surface area contributed by atoms with Gasteiger partial charge in [-0.25, -0.2) is 13.8 Å². The van der Waals surface area contributed by atoms with Gasteiger partial charge in [0.15, 0.2) is 11.6 Å². The van der Waals surface area contributed by atoms with Crippen molar-refractivity contribution in [2.45, 2.75) is 0 Å². The Kier molecular flexibility index (Phi) is 3.33. The SMILES string of the molecule is CN(C)/C=C/C(=O)c1nc2c(F)cc(F)cc2n1C. The average molecular weight is 265 g/mol. The Bertz CT molecular complexity index is 674. The lowest BCUT2D eigenvalue weighted by Gasteiger charge is -2.02. The van der Waals surface area contributed by atoms with Gasteiger partial charge in [0.25, 0.3) is 0 Å². The number of carbonyl (C=O) groups is 1. The lowest BCUT2D eigenvalue weighted by Crippen LogP contribution is -2.07. The fraction of sp³-hybridized carbons (Fsp3) is 0.231. The zero-order valence-corrected chi connectivity index (χ0v) is 10.8. The first-order valence-corrected chi connectivity index (χ1v) is 5.60. The molecule has 0 atom stereocenters. The summed E-state index contributed by atoms with van der Waals surface area (Å²) in [5.74, 6) is -1.78. The molecule has 19 heavy (non-hydrogen) atoms. The van der Waals surface area contributed by atoms with Crippen molar-refractivity contribution in [1.82, 2.24) is 14.5 Å². The van der Waals surface area contributed by atoms with E-state index in [-0.39, 0.29) is 22.6 Å². The molecule has 0 N–H and O–H groups in total. The van der Waals surface area contributed by atoms with Gasteiger partial charge in [-0.15, -0.1) is 0 Å². The number of fused-ring (bicyclic) bond motifs is 1. The highest BCUT2D eigenvalue weighted by molar-refractivity contribution is 6.03. The summed E-state index contributed by atoms with van der Waals surface area (Å²) < 4.78 is 28.1. The molecule has 0 fully saturated rings. The first kappa shape index (κ1) is 13.2. The van der Waals surface area contributed by atoms with E-state index in [4.69, 9.17) is 0 Å². The van der Waals surface area contributed by atoms with E-state index < -0.39 is 11.6 Å². The van der Waals surface area contributed by atoms with Crippen molar-refractivity contribution in [1.29, 1.82) is 0 Å². The van der Waals surface area contributed by atoms with Crippen molar-refractivity contribution in [2.75, 3.05) is 14.1 Å². The normalized spacial score (nSPS) is 11.4. The second kappa shape index (κ2) is 4.79. The fourth-order valence-electron chi connectivity index (χ4n) is 1.73. The summed E-state index contributed by atoms with van der Waals surface area (Å²) in [4.78, 5) is 17.6. The first-order valence-electron chi connectivity index (χ1n) is 5.60. The summed E-state index contributed by atoms with van der Waals surface area (Å²) in [5, 5.41) is 0. The molecule has 2 aromatic rings. The van der Waals surface area contributed by atoms with Gasteiger partial charge in [-0.3, -0.25) is 4.79 Å². The molecule has 0 aliphatic carbocycles. The van der Waals surface area contributed by atoms with E-state index in [0.717, 1.165) is 12.1 Å². The minimum absolute atomic E-state index is 0.00879. The van der Waals surface area contributed by atoms with Crippen LogP contribution in [0.5, 0.6) is 0 Å². The molecule has 4 nitrogen and oxygen atoms in total. The monoisotopic (exact) mass is 265 g/mol. The van der Waals surface area contributed by atoms with Crippen LogP contribution in [0.1, 0.15) is 10.6 Å². The van der Waals surface area contributed by atoms with Crippen molar-refractivity contribution in [3.63, 3.8) is 0 Å². The standard InChI is InChI=1S/C13H13F2N3O/c1-17(2)5-4-11(19)13-16-12-9(15)6-8(14)7-10(12)18(13)3/h4-7H,1-3H3/b5-4+. The molecular weight excluding hydrogens is 252 g/mol. The Morgan fingerprint density at radius 3 is 2.68 bits per heavy atom. The van der Waals surface area contributed by atoms with Gasteiger partial charge in [-0.05, 0) is 6.07 Å². The number of halogens is 2. The number of ketones is 1. The topological polar surface area (TPSA) is 38.1 Å². The van der Waals surface area contributed by atoms with Gasteiger partial charge in [0.1, 0.15) is 11.3 Å². The van der Waals surface area contributed by atoms with Crippen LogP contribution in [0, 0.1) is 11.6 Å². The van der Waals surface area contributed by atoms with E-state index >= 15 is 0 Å². The van der Waals surface area contributed by atoms with Gasteiger partial charge < -0.3 is 9.47 Å². The summed E-state index contributed by atoms with van der Waals surface area (Å²) in [6.45, 7) is 0. The number of aromatic nitrogens is 2. The highest BCUT2D eigenvalue weighted by Crippen LogP contribution is 2.20. The average Bonchev–Trinajstić information content (AvgIpc) is 2.65. The van der Waals surface area contributed by atoms with E-state index in [1.807, 2.05) is 0 Å². The molecule has 1 aromatic heterocycles. The van der Waals surface area contributed by atoms with Crippen LogP contribution in [-0.2, 0) is 7.05 Å². The number of aryl methyl sites for hydroxylation is 1. The third-order valence-electron chi connectivity index (χ3n) is 2.65. The van der Waals surface area contributed by atoms with E-state index in [9.17, 15) is 13.6 Å². The highest BCUT2D eigenvalue weighted by Gasteiger charge is 2.16. The molecule has 0 amide bonds. The van der Waals surface area contributed by atoms with Gasteiger partial charge in [0.2, 0.25) is 5.78 Å². The third-order valence-corrected chi connectivity index (χ3v) is 2.65. The summed E-state index contributed by atoms with van der Waals surface area (Å²) in [6, 6.07) is 1.90. The van der Waals surface area contributed by atoms with Gasteiger partial charge in [-0.2, -0.15) is 0 Å². The molecule has 0 saturated carbocycles. The van der Waals surface area contributed by atoms with Gasteiger partial charge in [-0.1, -0.05) is 0 Å². The maximum absolute atomic E-state index is 13.6. The minimum Gasteiger partial charge on any atom is -0.383 e. The van der Waals surface area contributed by atoms with Crippen LogP contribution in [0.2, 0.25) is 0 Å². The number of benzene rings is 1. The van der Waals surface area contributed by atoms with Crippen LogP contribution >= 0.6 is 0 Å². The van der Waals surface area contributed by atoms with Crippen LogP contribution in [0.25, 0.3) is 11.0 Å². The van der Waals surface area contributed by atoms with Crippen LogP contribution in [0.4, 0.5) is 8.78 Å². The molecule has 0 spiro atoms. The van der Waals surface area contributed by atoms with E-state index in [2.05, 4.69) is 4.98 Å². The highest BCUT2D eigenvalue weighted by atomic mass is 19.1. The largest absolute Gasteiger partial charge is 0.383 e. The molecular formula is C13H13F2N3O. The Hall–Kier alpha value is -2.24. The molecule has 0 saturated heterocycles. The Morgan fingerprint density at radius 2 is 2.05 bits per heavy atom. The zero-order chi connectivity index (χ0) is 14.2. The minimum atomic E-state index is -0.777. The number of nitrogens with zero attached hydrogens (tertiary/aromatic N) is 3. The first-order chi connectivity index (χ1) is 8.90. The molecule has 0 aliphatic heterocycles.